The molecule has 0 fully saturated rings. The summed E-state index contributed by atoms with van der Waals surface area (Å²) >= 11 is 0. The maximum Gasteiger partial charge on any atom is 0.308 e. The number of aryl methyl sites for hydroxylation is 1. The second-order valence-corrected chi connectivity index (χ2v) is 4.86. The summed E-state index contributed by atoms with van der Waals surface area (Å²) in [6, 6.07) is 3.09. The zero-order valence-electron chi connectivity index (χ0n) is 11.9. The quantitative estimate of drug-likeness (QED) is 0.775. The SMILES string of the molecule is CCCC(CNC(=O)CCc1cc(F)ccc1F)C(=O)O. The summed E-state index contributed by atoms with van der Waals surface area (Å²) in [5.41, 5.74) is 0.133. The molecule has 1 atom stereocenters. The van der Waals surface area contributed by atoms with Crippen LogP contribution in [-0.4, -0.2) is 23.5 Å². The van der Waals surface area contributed by atoms with Crippen LogP contribution in [0.1, 0.15) is 31.7 Å². The minimum absolute atomic E-state index is 0.0150. The summed E-state index contributed by atoms with van der Waals surface area (Å²) in [6.07, 6.45) is 1.25. The third-order valence-corrected chi connectivity index (χ3v) is 3.16. The van der Waals surface area contributed by atoms with Crippen molar-refractivity contribution in [2.24, 2.45) is 5.92 Å². The van der Waals surface area contributed by atoms with Gasteiger partial charge in [-0.3, -0.25) is 9.59 Å². The van der Waals surface area contributed by atoms with Gasteiger partial charge in [-0.25, -0.2) is 8.78 Å². The lowest BCUT2D eigenvalue weighted by atomic mass is 10.0. The summed E-state index contributed by atoms with van der Waals surface area (Å²) in [5.74, 6) is -3.06. The topological polar surface area (TPSA) is 66.4 Å². The molecular formula is C15H19F2NO3. The molecule has 21 heavy (non-hydrogen) atoms. The Labute approximate surface area is 122 Å². The highest BCUT2D eigenvalue weighted by Crippen LogP contribution is 2.12. The van der Waals surface area contributed by atoms with Gasteiger partial charge in [0.25, 0.3) is 0 Å². The number of benzene rings is 1. The fourth-order valence-corrected chi connectivity index (χ4v) is 1.97. The molecule has 0 aliphatic rings. The Morgan fingerprint density at radius 1 is 1.33 bits per heavy atom. The summed E-state index contributed by atoms with van der Waals surface area (Å²) in [4.78, 5) is 22.5. The third-order valence-electron chi connectivity index (χ3n) is 3.16. The van der Waals surface area contributed by atoms with E-state index >= 15 is 0 Å². The molecule has 1 aromatic carbocycles. The molecule has 0 aromatic heterocycles. The Hall–Kier alpha value is -1.98. The van der Waals surface area contributed by atoms with Crippen molar-refractivity contribution < 1.29 is 23.5 Å². The Morgan fingerprint density at radius 2 is 2.05 bits per heavy atom. The van der Waals surface area contributed by atoms with Crippen molar-refractivity contribution >= 4 is 11.9 Å². The van der Waals surface area contributed by atoms with Crippen LogP contribution in [0.5, 0.6) is 0 Å². The van der Waals surface area contributed by atoms with E-state index in [4.69, 9.17) is 5.11 Å². The smallest absolute Gasteiger partial charge is 0.308 e. The van der Waals surface area contributed by atoms with Gasteiger partial charge in [0.05, 0.1) is 5.92 Å². The fraction of sp³-hybridized carbons (Fsp3) is 0.467. The molecule has 1 amide bonds. The van der Waals surface area contributed by atoms with Crippen LogP contribution in [0, 0.1) is 17.6 Å². The second kappa shape index (κ2) is 8.34. The van der Waals surface area contributed by atoms with Crippen LogP contribution in [0.15, 0.2) is 18.2 Å². The first kappa shape index (κ1) is 17.1. The van der Waals surface area contributed by atoms with Gasteiger partial charge in [-0.05, 0) is 36.6 Å². The third kappa shape index (κ3) is 5.89. The number of carboxylic acids is 1. The van der Waals surface area contributed by atoms with Crippen LogP contribution in [0.3, 0.4) is 0 Å². The van der Waals surface area contributed by atoms with Crippen LogP contribution >= 0.6 is 0 Å². The average Bonchev–Trinajstić information content (AvgIpc) is 2.44. The molecule has 0 aliphatic heterocycles. The average molecular weight is 299 g/mol. The largest absolute Gasteiger partial charge is 0.481 e. The first-order valence-corrected chi connectivity index (χ1v) is 6.87. The standard InChI is InChI=1S/C15H19F2NO3/c1-2-3-11(15(20)21)9-18-14(19)7-4-10-8-12(16)5-6-13(10)17/h5-6,8,11H,2-4,7,9H2,1H3,(H,18,19)(H,20,21). The predicted molar refractivity (Wildman–Crippen MR) is 73.7 cm³/mol. The lowest BCUT2D eigenvalue weighted by molar-refractivity contribution is -0.141. The van der Waals surface area contributed by atoms with Gasteiger partial charge in [0, 0.05) is 13.0 Å². The van der Waals surface area contributed by atoms with Crippen molar-refractivity contribution in [3.63, 3.8) is 0 Å². The summed E-state index contributed by atoms with van der Waals surface area (Å²) in [7, 11) is 0. The number of halogens is 2. The number of nitrogens with one attached hydrogen (secondary N) is 1. The van der Waals surface area contributed by atoms with E-state index in [1.165, 1.54) is 0 Å². The Morgan fingerprint density at radius 3 is 2.67 bits per heavy atom. The maximum absolute atomic E-state index is 13.4. The Balaban J connectivity index is 2.43. The van der Waals surface area contributed by atoms with E-state index in [0.717, 1.165) is 18.2 Å². The first-order valence-electron chi connectivity index (χ1n) is 6.87. The van der Waals surface area contributed by atoms with Crippen molar-refractivity contribution in [1.29, 1.82) is 0 Å². The molecule has 6 heteroatoms. The van der Waals surface area contributed by atoms with E-state index < -0.39 is 23.5 Å². The Bertz CT molecular complexity index is 506. The summed E-state index contributed by atoms with van der Waals surface area (Å²) in [5, 5.41) is 11.5. The lowest BCUT2D eigenvalue weighted by Crippen LogP contribution is -2.33. The molecule has 0 heterocycles. The van der Waals surface area contributed by atoms with Crippen molar-refractivity contribution in [2.75, 3.05) is 6.54 Å². The van der Waals surface area contributed by atoms with Crippen molar-refractivity contribution in [1.82, 2.24) is 5.32 Å². The van der Waals surface area contributed by atoms with Crippen LogP contribution in [0.25, 0.3) is 0 Å². The van der Waals surface area contributed by atoms with Gasteiger partial charge in [-0.1, -0.05) is 13.3 Å². The number of carbonyl (C=O) groups excluding carboxylic acids is 1. The number of carboxylic acid groups (broad SMARTS) is 1. The molecule has 2 N–H and O–H groups in total. The van der Waals surface area contributed by atoms with Gasteiger partial charge in [0.2, 0.25) is 5.91 Å². The van der Waals surface area contributed by atoms with Crippen molar-refractivity contribution in [2.45, 2.75) is 32.6 Å². The van der Waals surface area contributed by atoms with Gasteiger partial charge < -0.3 is 10.4 Å². The minimum Gasteiger partial charge on any atom is -0.481 e. The summed E-state index contributed by atoms with van der Waals surface area (Å²) < 4.78 is 26.3. The number of carbonyl (C=O) groups is 2. The number of amides is 1. The van der Waals surface area contributed by atoms with Crippen LogP contribution in [0.2, 0.25) is 0 Å². The number of hydrogen-bond acceptors (Lipinski definition) is 2. The molecular weight excluding hydrogens is 280 g/mol. The zero-order chi connectivity index (χ0) is 15.8. The molecule has 116 valence electrons. The first-order chi connectivity index (χ1) is 9.93. The highest BCUT2D eigenvalue weighted by Gasteiger charge is 2.17. The van der Waals surface area contributed by atoms with E-state index in [1.807, 2.05) is 6.92 Å². The van der Waals surface area contributed by atoms with Crippen molar-refractivity contribution in [3.8, 4) is 0 Å². The van der Waals surface area contributed by atoms with Crippen molar-refractivity contribution in [3.05, 3.63) is 35.4 Å². The van der Waals surface area contributed by atoms with Gasteiger partial charge in [0.15, 0.2) is 0 Å². The monoisotopic (exact) mass is 299 g/mol. The number of hydrogen-bond donors (Lipinski definition) is 2. The van der Waals surface area contributed by atoms with E-state index in [9.17, 15) is 18.4 Å². The molecule has 0 aliphatic carbocycles. The number of rotatable bonds is 8. The van der Waals surface area contributed by atoms with Gasteiger partial charge in [-0.2, -0.15) is 0 Å². The molecule has 0 bridgehead atoms. The van der Waals surface area contributed by atoms with E-state index in [2.05, 4.69) is 5.32 Å². The summed E-state index contributed by atoms with van der Waals surface area (Å²) in [6.45, 7) is 1.91. The second-order valence-electron chi connectivity index (χ2n) is 4.86. The van der Waals surface area contributed by atoms with E-state index in [1.54, 1.807) is 0 Å². The van der Waals surface area contributed by atoms with Crippen LogP contribution in [-0.2, 0) is 16.0 Å². The van der Waals surface area contributed by atoms with E-state index in [0.29, 0.717) is 12.8 Å². The molecule has 0 spiro atoms. The zero-order valence-corrected chi connectivity index (χ0v) is 11.9. The molecule has 0 radical (unpaired) electrons. The van der Waals surface area contributed by atoms with Crippen LogP contribution < -0.4 is 5.32 Å². The molecule has 0 saturated heterocycles. The Kier molecular flexibility index (Phi) is 6.78. The highest BCUT2D eigenvalue weighted by molar-refractivity contribution is 5.77. The van der Waals surface area contributed by atoms with Gasteiger partial charge >= 0.3 is 5.97 Å². The maximum atomic E-state index is 13.4. The van der Waals surface area contributed by atoms with Gasteiger partial charge in [0.1, 0.15) is 11.6 Å². The van der Waals surface area contributed by atoms with Gasteiger partial charge in [-0.15, -0.1) is 0 Å². The normalized spacial score (nSPS) is 12.0. The highest BCUT2D eigenvalue weighted by atomic mass is 19.1. The fourth-order valence-electron chi connectivity index (χ4n) is 1.97. The molecule has 1 rings (SSSR count). The van der Waals surface area contributed by atoms with E-state index in [-0.39, 0.29) is 30.9 Å². The predicted octanol–water partition coefficient (Wildman–Crippen LogP) is 2.51. The number of aliphatic carboxylic acids is 1. The molecule has 0 saturated carbocycles. The minimum atomic E-state index is -0.951. The lowest BCUT2D eigenvalue weighted by Gasteiger charge is -2.12. The molecule has 1 aromatic rings. The molecule has 1 unspecified atom stereocenters. The van der Waals surface area contributed by atoms with Crippen LogP contribution in [0.4, 0.5) is 8.78 Å². The molecule has 4 nitrogen and oxygen atoms in total.